The molecule has 0 aliphatic carbocycles. The monoisotopic (exact) mass is 438 g/mol. The quantitative estimate of drug-likeness (QED) is 0.506. The molecule has 8 heteroatoms. The number of halogens is 3. The minimum atomic E-state index is -0.778. The maximum Gasteiger partial charge on any atom is 0.304 e. The van der Waals surface area contributed by atoms with Crippen LogP contribution in [0.3, 0.4) is 0 Å². The molecule has 0 fully saturated rings. The molecule has 4 nitrogen and oxygen atoms in total. The number of benzene rings is 1. The van der Waals surface area contributed by atoms with E-state index in [0.29, 0.717) is 17.2 Å². The van der Waals surface area contributed by atoms with Crippen molar-refractivity contribution < 1.29 is 9.90 Å². The van der Waals surface area contributed by atoms with Crippen LogP contribution >= 0.6 is 52.5 Å². The third kappa shape index (κ3) is 6.59. The van der Waals surface area contributed by atoms with Crippen LogP contribution in [0.4, 0.5) is 5.69 Å². The first-order valence-electron chi connectivity index (χ1n) is 6.37. The molecule has 1 aromatic heterocycles. The summed E-state index contributed by atoms with van der Waals surface area (Å²) in [5.41, 5.74) is 9.59. The average molecular weight is 440 g/mol. The lowest BCUT2D eigenvalue weighted by Crippen LogP contribution is -1.98. The molecule has 0 spiro atoms. The summed E-state index contributed by atoms with van der Waals surface area (Å²) in [5, 5.41) is 8.66. The highest BCUT2D eigenvalue weighted by Gasteiger charge is 2.10. The van der Waals surface area contributed by atoms with Crippen molar-refractivity contribution in [3.63, 3.8) is 0 Å². The zero-order valence-corrected chi connectivity index (χ0v) is 16.1. The lowest BCUT2D eigenvalue weighted by molar-refractivity contribution is -0.136. The van der Waals surface area contributed by atoms with Gasteiger partial charge in [0.1, 0.15) is 0 Å². The molecule has 3 N–H and O–H groups in total. The summed E-state index contributed by atoms with van der Waals surface area (Å²) in [4.78, 5) is 14.9. The largest absolute Gasteiger partial charge is 0.481 e. The van der Waals surface area contributed by atoms with Crippen molar-refractivity contribution >= 4 is 64.2 Å². The van der Waals surface area contributed by atoms with Gasteiger partial charge in [-0.3, -0.25) is 9.78 Å². The number of nitrogen functional groups attached to an aromatic ring is 1. The lowest BCUT2D eigenvalue weighted by Gasteiger charge is -2.11. The molecule has 0 atom stereocenters. The van der Waals surface area contributed by atoms with Crippen LogP contribution < -0.4 is 5.73 Å². The zero-order chi connectivity index (χ0) is 15.2. The van der Waals surface area contributed by atoms with E-state index >= 15 is 0 Å². The van der Waals surface area contributed by atoms with E-state index in [9.17, 15) is 4.79 Å². The molecule has 1 heterocycles. The van der Waals surface area contributed by atoms with Crippen molar-refractivity contribution in [1.82, 2.24) is 4.98 Å². The molecule has 0 aliphatic rings. The van der Waals surface area contributed by atoms with Crippen LogP contribution in [0.1, 0.15) is 12.1 Å². The number of carboxylic acids is 1. The van der Waals surface area contributed by atoms with Crippen molar-refractivity contribution in [2.75, 3.05) is 11.5 Å². The SMILES string of the molecule is Cl.Cl.Nc1ccc(Br)cc1-c1cccnc1CSCCC(=O)O. The number of aliphatic carboxylic acids is 1. The summed E-state index contributed by atoms with van der Waals surface area (Å²) in [6.45, 7) is 0. The van der Waals surface area contributed by atoms with E-state index in [2.05, 4.69) is 20.9 Å². The number of anilines is 1. The fourth-order valence-corrected chi connectivity index (χ4v) is 3.14. The molecular weight excluding hydrogens is 423 g/mol. The van der Waals surface area contributed by atoms with Gasteiger partial charge in [0.05, 0.1) is 12.1 Å². The van der Waals surface area contributed by atoms with Crippen LogP contribution in [-0.4, -0.2) is 21.8 Å². The highest BCUT2D eigenvalue weighted by Crippen LogP contribution is 2.32. The number of aromatic nitrogens is 1. The Labute approximate surface area is 160 Å². The number of nitrogens with zero attached hydrogens (tertiary/aromatic N) is 1. The lowest BCUT2D eigenvalue weighted by atomic mass is 10.0. The molecule has 0 radical (unpaired) electrons. The van der Waals surface area contributed by atoms with Gasteiger partial charge in [0.2, 0.25) is 0 Å². The minimum absolute atomic E-state index is 0. The molecule has 0 saturated carbocycles. The van der Waals surface area contributed by atoms with Gasteiger partial charge in [0.25, 0.3) is 0 Å². The van der Waals surface area contributed by atoms with E-state index in [1.807, 2.05) is 30.3 Å². The van der Waals surface area contributed by atoms with E-state index in [4.69, 9.17) is 10.8 Å². The van der Waals surface area contributed by atoms with E-state index < -0.39 is 5.97 Å². The van der Waals surface area contributed by atoms with Gasteiger partial charge in [-0.2, -0.15) is 11.8 Å². The van der Waals surface area contributed by atoms with Gasteiger partial charge in [-0.15, -0.1) is 24.8 Å². The van der Waals surface area contributed by atoms with Gasteiger partial charge in [-0.05, 0) is 24.3 Å². The molecule has 126 valence electrons. The predicted molar refractivity (Wildman–Crippen MR) is 105 cm³/mol. The van der Waals surface area contributed by atoms with Crippen LogP contribution in [-0.2, 0) is 10.5 Å². The Balaban J connectivity index is 0.00000242. The van der Waals surface area contributed by atoms with Gasteiger partial charge in [0, 0.05) is 39.0 Å². The third-order valence-electron chi connectivity index (χ3n) is 2.89. The first-order valence-corrected chi connectivity index (χ1v) is 8.31. The second-order valence-corrected chi connectivity index (χ2v) is 6.45. The maximum absolute atomic E-state index is 10.5. The molecular formula is C15H17BrCl2N2O2S. The highest BCUT2D eigenvalue weighted by atomic mass is 79.9. The third-order valence-corrected chi connectivity index (χ3v) is 4.36. The summed E-state index contributed by atoms with van der Waals surface area (Å²) in [5.74, 6) is 0.453. The van der Waals surface area contributed by atoms with Crippen LogP contribution in [0.5, 0.6) is 0 Å². The Bertz CT molecular complexity index is 659. The summed E-state index contributed by atoms with van der Waals surface area (Å²) in [6, 6.07) is 9.58. The van der Waals surface area contributed by atoms with Crippen LogP contribution in [0.25, 0.3) is 11.1 Å². The number of hydrogen-bond acceptors (Lipinski definition) is 4. The fourth-order valence-electron chi connectivity index (χ4n) is 1.89. The average Bonchev–Trinajstić information content (AvgIpc) is 2.46. The number of pyridine rings is 1. The van der Waals surface area contributed by atoms with Crippen molar-refractivity contribution in [3.8, 4) is 11.1 Å². The normalized spacial score (nSPS) is 9.61. The van der Waals surface area contributed by atoms with E-state index in [-0.39, 0.29) is 31.2 Å². The molecule has 0 bridgehead atoms. The second kappa shape index (κ2) is 10.8. The first kappa shape index (κ1) is 22.1. The van der Waals surface area contributed by atoms with Crippen molar-refractivity contribution in [3.05, 3.63) is 46.7 Å². The van der Waals surface area contributed by atoms with Crippen LogP contribution in [0, 0.1) is 0 Å². The van der Waals surface area contributed by atoms with Crippen LogP contribution in [0.2, 0.25) is 0 Å². The second-order valence-electron chi connectivity index (χ2n) is 4.43. The minimum Gasteiger partial charge on any atom is -0.481 e. The molecule has 0 amide bonds. The summed E-state index contributed by atoms with van der Waals surface area (Å²) < 4.78 is 0.958. The Morgan fingerprint density at radius 1 is 1.26 bits per heavy atom. The molecule has 1 aromatic carbocycles. The number of carboxylic acid groups (broad SMARTS) is 1. The number of nitrogens with two attached hydrogens (primary N) is 1. The molecule has 0 unspecified atom stereocenters. The molecule has 23 heavy (non-hydrogen) atoms. The summed E-state index contributed by atoms with van der Waals surface area (Å²) >= 11 is 5.01. The topological polar surface area (TPSA) is 76.2 Å². The van der Waals surface area contributed by atoms with Crippen molar-refractivity contribution in [1.29, 1.82) is 0 Å². The van der Waals surface area contributed by atoms with E-state index in [0.717, 1.165) is 21.3 Å². The Hall–Kier alpha value is -0.950. The summed E-state index contributed by atoms with van der Waals surface area (Å²) in [6.07, 6.45) is 1.90. The predicted octanol–water partition coefficient (Wildman–Crippen LogP) is 4.64. The summed E-state index contributed by atoms with van der Waals surface area (Å²) in [7, 11) is 0. The Morgan fingerprint density at radius 3 is 2.70 bits per heavy atom. The highest BCUT2D eigenvalue weighted by molar-refractivity contribution is 9.10. The Morgan fingerprint density at radius 2 is 2.00 bits per heavy atom. The molecule has 0 saturated heterocycles. The van der Waals surface area contributed by atoms with Crippen molar-refractivity contribution in [2.45, 2.75) is 12.2 Å². The van der Waals surface area contributed by atoms with Crippen LogP contribution in [0.15, 0.2) is 41.0 Å². The Kier molecular flexibility index (Phi) is 10.3. The molecule has 2 rings (SSSR count). The number of hydrogen-bond donors (Lipinski definition) is 2. The van der Waals surface area contributed by atoms with Gasteiger partial charge in [0.15, 0.2) is 0 Å². The molecule has 0 aliphatic heterocycles. The number of thioether (sulfide) groups is 1. The fraction of sp³-hybridized carbons (Fsp3) is 0.200. The van der Waals surface area contributed by atoms with Gasteiger partial charge in [-0.25, -0.2) is 0 Å². The number of carbonyl (C=O) groups is 1. The van der Waals surface area contributed by atoms with Gasteiger partial charge < -0.3 is 10.8 Å². The molecule has 2 aromatic rings. The van der Waals surface area contributed by atoms with E-state index in [1.54, 1.807) is 18.0 Å². The number of rotatable bonds is 6. The zero-order valence-electron chi connectivity index (χ0n) is 12.1. The van der Waals surface area contributed by atoms with Crippen molar-refractivity contribution in [2.24, 2.45) is 0 Å². The standard InChI is InChI=1S/C15H15BrN2O2S.2ClH/c16-10-3-4-13(17)12(8-10)11-2-1-6-18-14(11)9-21-7-5-15(19)20;;/h1-4,6,8H,5,7,9,17H2,(H,19,20);2*1H. The smallest absolute Gasteiger partial charge is 0.304 e. The maximum atomic E-state index is 10.5. The van der Waals surface area contributed by atoms with Gasteiger partial charge >= 0.3 is 5.97 Å². The van der Waals surface area contributed by atoms with E-state index in [1.165, 1.54) is 0 Å². The first-order chi connectivity index (χ1) is 10.1. The van der Waals surface area contributed by atoms with Gasteiger partial charge in [-0.1, -0.05) is 22.0 Å².